The van der Waals surface area contributed by atoms with E-state index in [0.717, 1.165) is 9.62 Å². The number of hydrogen-bond donors (Lipinski definition) is 0. The first-order valence-corrected chi connectivity index (χ1v) is 13.0. The van der Waals surface area contributed by atoms with Gasteiger partial charge in [-0.1, -0.05) is 0 Å². The molecule has 1 aliphatic heterocycles. The van der Waals surface area contributed by atoms with E-state index in [9.17, 15) is 0 Å². The van der Waals surface area contributed by atoms with E-state index in [-0.39, 0.29) is 154 Å². The van der Waals surface area contributed by atoms with Gasteiger partial charge in [-0.3, -0.25) is 0 Å². The Morgan fingerprint density at radius 2 is 0.889 bits per heavy atom. The molecule has 0 bridgehead atoms. The van der Waals surface area contributed by atoms with Gasteiger partial charge in [-0.25, -0.2) is 0 Å². The molecule has 0 aromatic carbocycles. The first kappa shape index (κ1) is 20.8. The van der Waals surface area contributed by atoms with Gasteiger partial charge in [0.05, 0.1) is 0 Å². The van der Waals surface area contributed by atoms with Crippen LogP contribution >= 0.6 is 28.3 Å². The summed E-state index contributed by atoms with van der Waals surface area (Å²) in [6.45, 7) is 0. The summed E-state index contributed by atoms with van der Waals surface area (Å²) in [4.78, 5) is 1.80. The Hall–Kier alpha value is 6.47. The molecule has 1 heterocycles. The molecule has 1 saturated heterocycles. The minimum absolute atomic E-state index is 0. The fourth-order valence-corrected chi connectivity index (χ4v) is 11.4. The maximum atomic E-state index is 5.61. The molecule has 0 aromatic heterocycles. The first-order valence-electron chi connectivity index (χ1n) is 1.31. The van der Waals surface area contributed by atoms with Gasteiger partial charge in [0.1, 0.15) is 0 Å². The van der Waals surface area contributed by atoms with E-state index in [1.807, 2.05) is 0 Å². The molecule has 1 aliphatic rings. The molecule has 0 aromatic rings. The molecule has 0 amide bonds. The fraction of sp³-hybridized carbons (Fsp3) is 1.00. The summed E-state index contributed by atoms with van der Waals surface area (Å²) in [5, 5.41) is 0. The molecule has 1 rings (SSSR count). The second-order valence-electron chi connectivity index (χ2n) is 1.12. The molecule has 0 saturated carbocycles. The van der Waals surface area contributed by atoms with E-state index in [1.54, 1.807) is 0 Å². The SMILES string of the molecule is [Cl][Pt-3]1([Cl])([Cl])[CH2][CH2]1.[K+].[K+].[K+]. The molecular weight excluding hydrogens is 443 g/mol. The number of rotatable bonds is 0. The zero-order chi connectivity index (χ0) is 4.86. The Bertz CT molecular complexity index is 80.8. The Kier molecular flexibility index (Phi) is 17.8. The monoisotopic (exact) mass is 445 g/mol. The summed E-state index contributed by atoms with van der Waals surface area (Å²) in [5.41, 5.74) is 0. The van der Waals surface area contributed by atoms with Gasteiger partial charge in [0.15, 0.2) is 0 Å². The van der Waals surface area contributed by atoms with E-state index in [4.69, 9.17) is 28.3 Å². The Balaban J connectivity index is -0.000000120. The quantitative estimate of drug-likeness (QED) is 0.325. The molecule has 1 fully saturated rings. The average molecular weight is 447 g/mol. The molecule has 0 radical (unpaired) electrons. The summed E-state index contributed by atoms with van der Waals surface area (Å²) >= 11 is -2.88. The summed E-state index contributed by atoms with van der Waals surface area (Å²) < 4.78 is 0. The minimum atomic E-state index is -2.88. The maximum absolute atomic E-state index is 5.61. The Morgan fingerprint density at radius 1 is 0.778 bits per heavy atom. The molecule has 0 N–H and O–H groups in total. The molecule has 0 unspecified atom stereocenters. The molecular formula is C2H4Cl3K3Pt. The van der Waals surface area contributed by atoms with Crippen molar-refractivity contribution in [1.29, 1.82) is 0 Å². The van der Waals surface area contributed by atoms with Crippen molar-refractivity contribution in [2.75, 3.05) is 0 Å². The van der Waals surface area contributed by atoms with Crippen LogP contribution in [-0.4, -0.2) is 0 Å². The second kappa shape index (κ2) is 7.69. The van der Waals surface area contributed by atoms with Crippen LogP contribution in [0.2, 0.25) is 9.62 Å². The van der Waals surface area contributed by atoms with E-state index >= 15 is 0 Å². The normalized spacial score (nSPS) is 28.6. The fourth-order valence-electron chi connectivity index (χ4n) is 0.0567. The maximum Gasteiger partial charge on any atom is 1.00 e. The molecule has 0 nitrogen and oxygen atoms in total. The van der Waals surface area contributed by atoms with Crippen LogP contribution in [0.25, 0.3) is 0 Å². The third kappa shape index (κ3) is 12.4. The van der Waals surface area contributed by atoms with Crippen molar-refractivity contribution in [3.63, 3.8) is 0 Å². The summed E-state index contributed by atoms with van der Waals surface area (Å²) in [6, 6.07) is 0. The van der Waals surface area contributed by atoms with Crippen LogP contribution in [0.3, 0.4) is 0 Å². The standard InChI is InChI=1S/C2H4.3ClH.3K.Pt/c1-2;;;;;;;/h1-2H2;3*1H;;;;/q;;;;3*+1;/p-3. The Labute approximate surface area is 196 Å². The van der Waals surface area contributed by atoms with Gasteiger partial charge < -0.3 is 0 Å². The summed E-state index contributed by atoms with van der Waals surface area (Å²) in [7, 11) is 16.8. The van der Waals surface area contributed by atoms with Crippen molar-refractivity contribution in [3.05, 3.63) is 0 Å². The van der Waals surface area contributed by atoms with Crippen molar-refractivity contribution in [2.45, 2.75) is 9.62 Å². The van der Waals surface area contributed by atoms with Gasteiger partial charge in [-0.2, -0.15) is 0 Å². The van der Waals surface area contributed by atoms with Gasteiger partial charge in [-0.05, 0) is 0 Å². The van der Waals surface area contributed by atoms with E-state index < -0.39 is 11.7 Å². The van der Waals surface area contributed by atoms with Gasteiger partial charge in [0, 0.05) is 0 Å². The smallest absolute Gasteiger partial charge is 1.00 e. The van der Waals surface area contributed by atoms with Crippen LogP contribution in [0.4, 0.5) is 0 Å². The number of halogens is 3. The largest absolute Gasteiger partial charge is 1.00 e. The second-order valence-corrected chi connectivity index (χ2v) is 26.3. The number of hydrogen-bond acceptors (Lipinski definition) is 0. The van der Waals surface area contributed by atoms with E-state index in [1.165, 1.54) is 0 Å². The van der Waals surface area contributed by atoms with Crippen LogP contribution < -0.4 is 154 Å². The first-order chi connectivity index (χ1) is 2.47. The van der Waals surface area contributed by atoms with Gasteiger partial charge in [0.2, 0.25) is 0 Å². The Morgan fingerprint density at radius 3 is 0.889 bits per heavy atom. The van der Waals surface area contributed by atoms with Crippen LogP contribution in [-0.2, 0) is 11.7 Å². The van der Waals surface area contributed by atoms with E-state index in [2.05, 4.69) is 0 Å². The molecule has 9 heavy (non-hydrogen) atoms. The van der Waals surface area contributed by atoms with Crippen LogP contribution in [0.5, 0.6) is 0 Å². The van der Waals surface area contributed by atoms with Crippen LogP contribution in [0.15, 0.2) is 0 Å². The zero-order valence-corrected chi connectivity index (χ0v) is 19.8. The molecule has 7 heteroatoms. The molecule has 0 spiro atoms. The van der Waals surface area contributed by atoms with Crippen molar-refractivity contribution in [2.24, 2.45) is 0 Å². The van der Waals surface area contributed by atoms with Crippen molar-refractivity contribution < 1.29 is 166 Å². The third-order valence-corrected chi connectivity index (χ3v) is 10.1. The third-order valence-electron chi connectivity index (χ3n) is 0.517. The zero-order valence-electron chi connectivity index (χ0n) is 5.86. The van der Waals surface area contributed by atoms with Crippen molar-refractivity contribution >= 4 is 28.3 Å². The van der Waals surface area contributed by atoms with Crippen LogP contribution in [0, 0.1) is 0 Å². The summed E-state index contributed by atoms with van der Waals surface area (Å²) in [5.74, 6) is 0. The predicted octanol–water partition coefficient (Wildman–Crippen LogP) is -6.00. The topological polar surface area (TPSA) is 0 Å². The predicted molar refractivity (Wildman–Crippen MR) is 27.2 cm³/mol. The van der Waals surface area contributed by atoms with Gasteiger partial charge in [0.25, 0.3) is 0 Å². The van der Waals surface area contributed by atoms with Crippen molar-refractivity contribution in [3.8, 4) is 0 Å². The summed E-state index contributed by atoms with van der Waals surface area (Å²) in [6.07, 6.45) is 0. The minimum Gasteiger partial charge on any atom is 1.00 e. The molecule has 0 atom stereocenters. The van der Waals surface area contributed by atoms with Gasteiger partial charge >= 0.3 is 204 Å². The molecule has 0 aliphatic carbocycles. The molecule has 46 valence electrons. The average Bonchev–Trinajstić information content (AvgIpc) is 1.73. The van der Waals surface area contributed by atoms with Crippen LogP contribution in [0.1, 0.15) is 0 Å². The van der Waals surface area contributed by atoms with Gasteiger partial charge in [-0.15, -0.1) is 0 Å². The van der Waals surface area contributed by atoms with E-state index in [0.29, 0.717) is 0 Å². The van der Waals surface area contributed by atoms with Crippen molar-refractivity contribution in [1.82, 2.24) is 0 Å².